The molecule has 1 saturated heterocycles. The highest BCUT2D eigenvalue weighted by Crippen LogP contribution is 2.27. The fourth-order valence-corrected chi connectivity index (χ4v) is 2.58. The highest BCUT2D eigenvalue weighted by Gasteiger charge is 2.28. The largest absolute Gasteiger partial charge is 0.299 e. The van der Waals surface area contributed by atoms with Crippen LogP contribution in [0.5, 0.6) is 0 Å². The van der Waals surface area contributed by atoms with Crippen molar-refractivity contribution in [2.45, 2.75) is 38.3 Å². The Morgan fingerprint density at radius 2 is 2.10 bits per heavy atom. The second kappa shape index (κ2) is 6.57. The Bertz CT molecular complexity index is 534. The van der Waals surface area contributed by atoms with Crippen molar-refractivity contribution in [1.82, 2.24) is 10.6 Å². The van der Waals surface area contributed by atoms with Crippen LogP contribution in [0.3, 0.4) is 0 Å². The van der Waals surface area contributed by atoms with E-state index in [1.54, 1.807) is 12.1 Å². The molecule has 2 N–H and O–H groups in total. The molecule has 0 radical (unpaired) electrons. The summed E-state index contributed by atoms with van der Waals surface area (Å²) >= 11 is 11.9. The first-order valence-corrected chi connectivity index (χ1v) is 7.31. The fraction of sp³-hybridized carbons (Fsp3) is 0.429. The molecule has 1 aromatic rings. The molecule has 0 bridgehead atoms. The number of hydrogen-bond acceptors (Lipinski definition) is 3. The summed E-state index contributed by atoms with van der Waals surface area (Å²) in [6.45, 7) is 2.02. The van der Waals surface area contributed by atoms with Crippen LogP contribution in [0.25, 0.3) is 0 Å². The van der Waals surface area contributed by atoms with E-state index in [-0.39, 0.29) is 23.9 Å². The summed E-state index contributed by atoms with van der Waals surface area (Å²) in [7, 11) is 0. The van der Waals surface area contributed by atoms with Crippen LogP contribution in [0.1, 0.15) is 37.8 Å². The standard InChI is InChI=1S/C14H16Cl2N2O2/c1-2-11(8-3-4-9(15)10(16)7-8)17-12-5-6-13(19)18-14(12)20/h3-4,7,11-12,17H,2,5-6H2,1H3,(H,18,19,20). The van der Waals surface area contributed by atoms with E-state index in [0.29, 0.717) is 22.9 Å². The van der Waals surface area contributed by atoms with Crippen LogP contribution in [-0.2, 0) is 9.59 Å². The summed E-state index contributed by atoms with van der Waals surface area (Å²) in [5.74, 6) is -0.476. The van der Waals surface area contributed by atoms with Gasteiger partial charge in [0.15, 0.2) is 0 Å². The van der Waals surface area contributed by atoms with Crippen LogP contribution < -0.4 is 10.6 Å². The average Bonchev–Trinajstić information content (AvgIpc) is 2.41. The third-order valence-electron chi connectivity index (χ3n) is 3.40. The molecule has 1 heterocycles. The highest BCUT2D eigenvalue weighted by molar-refractivity contribution is 6.42. The molecular weight excluding hydrogens is 299 g/mol. The molecular formula is C14H16Cl2N2O2. The Morgan fingerprint density at radius 1 is 1.35 bits per heavy atom. The molecule has 1 fully saturated rings. The minimum atomic E-state index is -0.355. The second-order valence-corrected chi connectivity index (χ2v) is 5.62. The maximum Gasteiger partial charge on any atom is 0.243 e. The predicted molar refractivity (Wildman–Crippen MR) is 78.8 cm³/mol. The number of halogens is 2. The second-order valence-electron chi connectivity index (χ2n) is 4.80. The van der Waals surface area contributed by atoms with E-state index in [4.69, 9.17) is 23.2 Å². The number of rotatable bonds is 4. The zero-order chi connectivity index (χ0) is 14.7. The number of amides is 2. The molecule has 2 atom stereocenters. The Morgan fingerprint density at radius 3 is 2.70 bits per heavy atom. The van der Waals surface area contributed by atoms with Gasteiger partial charge in [-0.15, -0.1) is 0 Å². The first kappa shape index (κ1) is 15.3. The molecule has 1 aromatic carbocycles. The summed E-state index contributed by atoms with van der Waals surface area (Å²) in [5.41, 5.74) is 0.978. The van der Waals surface area contributed by atoms with Gasteiger partial charge in [0.05, 0.1) is 16.1 Å². The van der Waals surface area contributed by atoms with Crippen molar-refractivity contribution in [1.29, 1.82) is 0 Å². The van der Waals surface area contributed by atoms with Gasteiger partial charge >= 0.3 is 0 Å². The van der Waals surface area contributed by atoms with Crippen LogP contribution in [0.4, 0.5) is 0 Å². The zero-order valence-electron chi connectivity index (χ0n) is 11.1. The summed E-state index contributed by atoms with van der Waals surface area (Å²) in [5, 5.41) is 6.62. The molecule has 2 rings (SSSR count). The molecule has 1 aliphatic heterocycles. The molecule has 1 aliphatic rings. The van der Waals surface area contributed by atoms with E-state index < -0.39 is 0 Å². The molecule has 20 heavy (non-hydrogen) atoms. The van der Waals surface area contributed by atoms with Crippen LogP contribution in [0.2, 0.25) is 10.0 Å². The SMILES string of the molecule is CCC(NC1CCC(=O)NC1=O)c1ccc(Cl)c(Cl)c1. The lowest BCUT2D eigenvalue weighted by Gasteiger charge is -2.27. The van der Waals surface area contributed by atoms with Gasteiger partial charge in [0.25, 0.3) is 0 Å². The van der Waals surface area contributed by atoms with Crippen molar-refractivity contribution >= 4 is 35.0 Å². The normalized spacial score (nSPS) is 20.6. The summed E-state index contributed by atoms with van der Waals surface area (Å²) < 4.78 is 0. The topological polar surface area (TPSA) is 58.2 Å². The Labute approximate surface area is 127 Å². The quantitative estimate of drug-likeness (QED) is 0.840. The molecule has 6 heteroatoms. The first-order chi connectivity index (χ1) is 9.51. The molecule has 0 spiro atoms. The summed E-state index contributed by atoms with van der Waals surface area (Å²) in [6, 6.07) is 5.08. The van der Waals surface area contributed by atoms with Gasteiger partial charge in [0.1, 0.15) is 0 Å². The van der Waals surface area contributed by atoms with Crippen molar-refractivity contribution < 1.29 is 9.59 Å². The number of carbonyl (C=O) groups is 2. The maximum absolute atomic E-state index is 11.8. The number of benzene rings is 1. The molecule has 2 amide bonds. The van der Waals surface area contributed by atoms with Gasteiger partial charge < -0.3 is 0 Å². The average molecular weight is 315 g/mol. The molecule has 0 saturated carbocycles. The molecule has 4 nitrogen and oxygen atoms in total. The van der Waals surface area contributed by atoms with Crippen LogP contribution >= 0.6 is 23.2 Å². The minimum absolute atomic E-state index is 0.00582. The third-order valence-corrected chi connectivity index (χ3v) is 4.13. The lowest BCUT2D eigenvalue weighted by molar-refractivity contribution is -0.134. The smallest absolute Gasteiger partial charge is 0.243 e. The highest BCUT2D eigenvalue weighted by atomic mass is 35.5. The van der Waals surface area contributed by atoms with E-state index in [1.165, 1.54) is 0 Å². The summed E-state index contributed by atoms with van der Waals surface area (Å²) in [6.07, 6.45) is 1.68. The van der Waals surface area contributed by atoms with E-state index in [1.807, 2.05) is 13.0 Å². The first-order valence-electron chi connectivity index (χ1n) is 6.56. The van der Waals surface area contributed by atoms with E-state index in [2.05, 4.69) is 10.6 Å². The number of piperidine rings is 1. The lowest BCUT2D eigenvalue weighted by Crippen LogP contribution is -2.51. The Hall–Kier alpha value is -1.10. The van der Waals surface area contributed by atoms with Crippen molar-refractivity contribution in [3.63, 3.8) is 0 Å². The van der Waals surface area contributed by atoms with Crippen molar-refractivity contribution in [2.24, 2.45) is 0 Å². The predicted octanol–water partition coefficient (Wildman–Crippen LogP) is 2.84. The van der Waals surface area contributed by atoms with Gasteiger partial charge in [-0.3, -0.25) is 20.2 Å². The van der Waals surface area contributed by atoms with Gasteiger partial charge in [0, 0.05) is 12.5 Å². The summed E-state index contributed by atoms with van der Waals surface area (Å²) in [4.78, 5) is 22.9. The van der Waals surface area contributed by atoms with Crippen LogP contribution in [0.15, 0.2) is 18.2 Å². The van der Waals surface area contributed by atoms with Gasteiger partial charge in [-0.05, 0) is 30.5 Å². The van der Waals surface area contributed by atoms with Crippen molar-refractivity contribution in [2.75, 3.05) is 0 Å². The third kappa shape index (κ3) is 3.51. The van der Waals surface area contributed by atoms with E-state index in [0.717, 1.165) is 12.0 Å². The molecule has 108 valence electrons. The molecule has 0 aromatic heterocycles. The fourth-order valence-electron chi connectivity index (χ4n) is 2.27. The number of nitrogens with one attached hydrogen (secondary N) is 2. The van der Waals surface area contributed by atoms with E-state index >= 15 is 0 Å². The van der Waals surface area contributed by atoms with Crippen molar-refractivity contribution in [3.05, 3.63) is 33.8 Å². The van der Waals surface area contributed by atoms with Gasteiger partial charge in [-0.1, -0.05) is 36.2 Å². The minimum Gasteiger partial charge on any atom is -0.299 e. The van der Waals surface area contributed by atoms with E-state index in [9.17, 15) is 9.59 Å². The number of hydrogen-bond donors (Lipinski definition) is 2. The molecule has 0 aliphatic carbocycles. The Kier molecular flexibility index (Phi) is 5.02. The number of carbonyl (C=O) groups excluding carboxylic acids is 2. The number of imide groups is 1. The molecule has 2 unspecified atom stereocenters. The van der Waals surface area contributed by atoms with Crippen molar-refractivity contribution in [3.8, 4) is 0 Å². The van der Waals surface area contributed by atoms with Crippen LogP contribution in [-0.4, -0.2) is 17.9 Å². The van der Waals surface area contributed by atoms with Crippen LogP contribution in [0, 0.1) is 0 Å². The lowest BCUT2D eigenvalue weighted by atomic mass is 10.00. The maximum atomic E-state index is 11.8. The van der Waals surface area contributed by atoms with Gasteiger partial charge in [0.2, 0.25) is 11.8 Å². The Balaban J connectivity index is 2.10. The van der Waals surface area contributed by atoms with Gasteiger partial charge in [-0.25, -0.2) is 0 Å². The van der Waals surface area contributed by atoms with Gasteiger partial charge in [-0.2, -0.15) is 0 Å². The monoisotopic (exact) mass is 314 g/mol. The zero-order valence-corrected chi connectivity index (χ0v) is 12.6.